The van der Waals surface area contributed by atoms with Crippen molar-refractivity contribution in [2.45, 2.75) is 13.0 Å². The van der Waals surface area contributed by atoms with Gasteiger partial charge in [0.2, 0.25) is 0 Å². The molecule has 0 bridgehead atoms. The first-order chi connectivity index (χ1) is 7.07. The smallest absolute Gasteiger partial charge is 0.259 e. The molecule has 15 heavy (non-hydrogen) atoms. The van der Waals surface area contributed by atoms with Crippen molar-refractivity contribution in [3.8, 4) is 0 Å². The molecule has 0 saturated heterocycles. The van der Waals surface area contributed by atoms with E-state index in [0.29, 0.717) is 12.2 Å². The number of nitrogens with two attached hydrogens (primary N) is 1. The maximum atomic E-state index is 11.9. The van der Waals surface area contributed by atoms with Gasteiger partial charge < -0.3 is 15.4 Å². The minimum Gasteiger partial charge on any atom is -0.383 e. The Morgan fingerprint density at radius 3 is 2.93 bits per heavy atom. The summed E-state index contributed by atoms with van der Waals surface area (Å²) in [6.07, 6.45) is 1.42. The highest BCUT2D eigenvalue weighted by Crippen LogP contribution is 2.11. The van der Waals surface area contributed by atoms with E-state index in [2.05, 4.69) is 10.2 Å². The van der Waals surface area contributed by atoms with Crippen LogP contribution in [0.15, 0.2) is 6.20 Å². The van der Waals surface area contributed by atoms with Crippen molar-refractivity contribution in [3.63, 3.8) is 0 Å². The van der Waals surface area contributed by atoms with Crippen LogP contribution < -0.4 is 5.73 Å². The summed E-state index contributed by atoms with van der Waals surface area (Å²) in [7, 11) is 3.31. The number of ether oxygens (including phenoxy) is 1. The lowest BCUT2D eigenvalue weighted by molar-refractivity contribution is 0.0634. The van der Waals surface area contributed by atoms with Crippen molar-refractivity contribution < 1.29 is 9.53 Å². The summed E-state index contributed by atoms with van der Waals surface area (Å²) in [6.45, 7) is 2.39. The number of hydrogen-bond acceptors (Lipinski definition) is 4. The molecule has 1 unspecified atom stereocenters. The minimum atomic E-state index is -0.161. The number of likely N-dealkylation sites (N-methyl/N-ethyl adjacent to an activating group) is 1. The quantitative estimate of drug-likeness (QED) is 0.741. The van der Waals surface area contributed by atoms with E-state index in [9.17, 15) is 4.79 Å². The van der Waals surface area contributed by atoms with Crippen LogP contribution in [0.2, 0.25) is 0 Å². The summed E-state index contributed by atoms with van der Waals surface area (Å²) in [5.41, 5.74) is 5.95. The Hall–Kier alpha value is -1.56. The molecule has 0 aliphatic heterocycles. The fourth-order valence-electron chi connectivity index (χ4n) is 1.21. The highest BCUT2D eigenvalue weighted by Gasteiger charge is 2.20. The molecule has 0 aliphatic carbocycles. The van der Waals surface area contributed by atoms with Gasteiger partial charge in [0.05, 0.1) is 18.8 Å². The lowest BCUT2D eigenvalue weighted by Gasteiger charge is -2.23. The Labute approximate surface area is 88.4 Å². The number of nitrogen functional groups attached to an aromatic ring is 1. The second-order valence-electron chi connectivity index (χ2n) is 3.42. The maximum Gasteiger partial charge on any atom is 0.259 e. The summed E-state index contributed by atoms with van der Waals surface area (Å²) >= 11 is 0. The third-order valence-corrected chi connectivity index (χ3v) is 2.29. The number of anilines is 1. The average Bonchev–Trinajstić information content (AvgIpc) is 2.62. The highest BCUT2D eigenvalue weighted by atomic mass is 16.5. The molecule has 1 amide bonds. The molecule has 6 heteroatoms. The van der Waals surface area contributed by atoms with E-state index in [1.807, 2.05) is 6.92 Å². The van der Waals surface area contributed by atoms with Gasteiger partial charge in [-0.25, -0.2) is 0 Å². The topological polar surface area (TPSA) is 84.2 Å². The predicted octanol–water partition coefficient (Wildman–Crippen LogP) is 0.0988. The normalized spacial score (nSPS) is 12.5. The molecule has 3 N–H and O–H groups in total. The summed E-state index contributed by atoms with van der Waals surface area (Å²) in [5.74, 6) is 0.127. The number of H-pyrrole nitrogens is 1. The number of aromatic amines is 1. The number of nitrogens with zero attached hydrogens (tertiary/aromatic N) is 2. The number of methoxy groups -OCH3 is 1. The van der Waals surface area contributed by atoms with Gasteiger partial charge in [-0.2, -0.15) is 5.10 Å². The first-order valence-electron chi connectivity index (χ1n) is 4.62. The van der Waals surface area contributed by atoms with Crippen LogP contribution in [-0.2, 0) is 4.74 Å². The van der Waals surface area contributed by atoms with Crippen molar-refractivity contribution in [1.29, 1.82) is 0 Å². The van der Waals surface area contributed by atoms with Gasteiger partial charge in [0.15, 0.2) is 0 Å². The summed E-state index contributed by atoms with van der Waals surface area (Å²) in [4.78, 5) is 13.4. The van der Waals surface area contributed by atoms with Crippen LogP contribution in [0.4, 0.5) is 5.82 Å². The van der Waals surface area contributed by atoms with Crippen molar-refractivity contribution in [2.24, 2.45) is 0 Å². The third kappa shape index (κ3) is 2.47. The summed E-state index contributed by atoms with van der Waals surface area (Å²) in [5, 5.41) is 6.23. The van der Waals surface area contributed by atoms with Gasteiger partial charge in [-0.15, -0.1) is 0 Å². The first-order valence-corrected chi connectivity index (χ1v) is 4.62. The zero-order chi connectivity index (χ0) is 11.4. The molecule has 0 aliphatic rings. The maximum absolute atomic E-state index is 11.9. The second kappa shape index (κ2) is 4.79. The monoisotopic (exact) mass is 212 g/mol. The number of aromatic nitrogens is 2. The van der Waals surface area contributed by atoms with Gasteiger partial charge in [0, 0.05) is 14.2 Å². The molecule has 0 spiro atoms. The van der Waals surface area contributed by atoms with E-state index in [4.69, 9.17) is 10.5 Å². The summed E-state index contributed by atoms with van der Waals surface area (Å²) < 4.78 is 4.97. The van der Waals surface area contributed by atoms with Crippen LogP contribution in [-0.4, -0.2) is 47.8 Å². The molecule has 1 rings (SSSR count). The molecular weight excluding hydrogens is 196 g/mol. The predicted molar refractivity (Wildman–Crippen MR) is 56.4 cm³/mol. The van der Waals surface area contributed by atoms with Gasteiger partial charge in [0.1, 0.15) is 11.4 Å². The number of rotatable bonds is 4. The zero-order valence-electron chi connectivity index (χ0n) is 9.15. The molecular formula is C9H16N4O2. The Morgan fingerprint density at radius 1 is 1.80 bits per heavy atom. The molecule has 0 saturated carbocycles. The van der Waals surface area contributed by atoms with Gasteiger partial charge in [-0.1, -0.05) is 0 Å². The molecule has 0 radical (unpaired) electrons. The lowest BCUT2D eigenvalue weighted by Crippen LogP contribution is -2.37. The standard InChI is InChI=1S/C9H16N4O2/c1-6(5-15-3)13(2)9(14)7-4-11-12-8(7)10/h4,6H,5H2,1-3H3,(H3,10,11,12). The average molecular weight is 212 g/mol. The van der Waals surface area contributed by atoms with Crippen molar-refractivity contribution in [1.82, 2.24) is 15.1 Å². The molecule has 1 aromatic rings. The van der Waals surface area contributed by atoms with E-state index >= 15 is 0 Å². The largest absolute Gasteiger partial charge is 0.383 e. The minimum absolute atomic E-state index is 0.00296. The Balaban J connectivity index is 2.73. The SMILES string of the molecule is COCC(C)N(C)C(=O)c1cn[nH]c1N. The lowest BCUT2D eigenvalue weighted by atomic mass is 10.2. The number of nitrogens with one attached hydrogen (secondary N) is 1. The zero-order valence-corrected chi connectivity index (χ0v) is 9.15. The van der Waals surface area contributed by atoms with Crippen molar-refractivity contribution in [2.75, 3.05) is 26.5 Å². The molecule has 1 aromatic heterocycles. The Morgan fingerprint density at radius 2 is 2.47 bits per heavy atom. The fraction of sp³-hybridized carbons (Fsp3) is 0.556. The van der Waals surface area contributed by atoms with Gasteiger partial charge in [0.25, 0.3) is 5.91 Å². The van der Waals surface area contributed by atoms with Crippen LogP contribution in [0.5, 0.6) is 0 Å². The molecule has 0 fully saturated rings. The van der Waals surface area contributed by atoms with Crippen LogP contribution in [0.1, 0.15) is 17.3 Å². The number of carbonyl (C=O) groups excluding carboxylic acids is 1. The van der Waals surface area contributed by atoms with Crippen molar-refractivity contribution >= 4 is 11.7 Å². The third-order valence-electron chi connectivity index (χ3n) is 2.29. The number of amides is 1. The highest BCUT2D eigenvalue weighted by molar-refractivity contribution is 5.98. The van der Waals surface area contributed by atoms with E-state index in [1.54, 1.807) is 19.1 Å². The summed E-state index contributed by atoms with van der Waals surface area (Å²) in [6, 6.07) is -0.00296. The van der Waals surface area contributed by atoms with Gasteiger partial charge >= 0.3 is 0 Å². The molecule has 0 aromatic carbocycles. The molecule has 1 atom stereocenters. The number of carbonyl (C=O) groups is 1. The Kier molecular flexibility index (Phi) is 3.68. The van der Waals surface area contributed by atoms with E-state index < -0.39 is 0 Å². The van der Waals surface area contributed by atoms with Crippen LogP contribution in [0.25, 0.3) is 0 Å². The van der Waals surface area contributed by atoms with Crippen molar-refractivity contribution in [3.05, 3.63) is 11.8 Å². The fourth-order valence-corrected chi connectivity index (χ4v) is 1.21. The molecule has 1 heterocycles. The Bertz CT molecular complexity index is 337. The van der Waals surface area contributed by atoms with E-state index in [-0.39, 0.29) is 17.8 Å². The van der Waals surface area contributed by atoms with Gasteiger partial charge in [-0.3, -0.25) is 9.89 Å². The first kappa shape index (κ1) is 11.5. The van der Waals surface area contributed by atoms with Crippen LogP contribution in [0.3, 0.4) is 0 Å². The molecule has 6 nitrogen and oxygen atoms in total. The van der Waals surface area contributed by atoms with Crippen LogP contribution in [0, 0.1) is 0 Å². The van der Waals surface area contributed by atoms with E-state index in [1.165, 1.54) is 6.20 Å². The molecule has 84 valence electrons. The number of hydrogen-bond donors (Lipinski definition) is 2. The van der Waals surface area contributed by atoms with Crippen LogP contribution >= 0.6 is 0 Å². The van der Waals surface area contributed by atoms with E-state index in [0.717, 1.165) is 0 Å². The van der Waals surface area contributed by atoms with Gasteiger partial charge in [-0.05, 0) is 6.92 Å². The second-order valence-corrected chi connectivity index (χ2v) is 3.42.